The van der Waals surface area contributed by atoms with E-state index in [1.54, 1.807) is 0 Å². The van der Waals surface area contributed by atoms with E-state index in [1.165, 1.54) is 57.8 Å². The minimum atomic E-state index is -0.758. The summed E-state index contributed by atoms with van der Waals surface area (Å²) in [5, 5.41) is 33.4. The molecule has 0 aliphatic heterocycles. The van der Waals surface area contributed by atoms with E-state index in [4.69, 9.17) is 0 Å². The zero-order valence-corrected chi connectivity index (χ0v) is 27.3. The summed E-state index contributed by atoms with van der Waals surface area (Å²) >= 11 is 0. The molecular formula is C33H45BiO6. The molecule has 12 aliphatic rings. The third-order valence-electron chi connectivity index (χ3n) is 13.4. The van der Waals surface area contributed by atoms with Gasteiger partial charge in [0.25, 0.3) is 0 Å². The second kappa shape index (κ2) is 10.5. The molecule has 0 N–H and O–H groups in total. The van der Waals surface area contributed by atoms with Crippen LogP contribution in [-0.4, -0.2) is 44.1 Å². The Kier molecular flexibility index (Phi) is 7.69. The van der Waals surface area contributed by atoms with Gasteiger partial charge in [-0.1, -0.05) is 0 Å². The van der Waals surface area contributed by atoms with E-state index in [9.17, 15) is 29.7 Å². The molecule has 7 heteroatoms. The summed E-state index contributed by atoms with van der Waals surface area (Å²) < 4.78 is 0. The SMILES string of the molecule is O=C([O-])C12CC3CC(CC(C3)C1)C2.O=C([O-])C12CC3CC(CC(C3)C1)C2.O=C([O-])C12CC3CC(CC(C3)C1)C2.[Bi+3]. The summed E-state index contributed by atoms with van der Waals surface area (Å²) in [5.41, 5.74) is -1.18. The largest absolute Gasteiger partial charge is 3.00 e. The summed E-state index contributed by atoms with van der Waals surface area (Å²) in [6.07, 6.45) is 19.9. The van der Waals surface area contributed by atoms with Crippen LogP contribution in [0.25, 0.3) is 0 Å². The van der Waals surface area contributed by atoms with Gasteiger partial charge in [0, 0.05) is 34.2 Å². The molecule has 0 aromatic rings. The normalized spacial score (nSPS) is 51.1. The minimum absolute atomic E-state index is 0. The number of rotatable bonds is 3. The molecule has 40 heavy (non-hydrogen) atoms. The van der Waals surface area contributed by atoms with E-state index < -0.39 is 34.2 Å². The van der Waals surface area contributed by atoms with Crippen molar-refractivity contribution in [1.82, 2.24) is 0 Å². The van der Waals surface area contributed by atoms with Crippen molar-refractivity contribution in [3.63, 3.8) is 0 Å². The molecule has 0 amide bonds. The van der Waals surface area contributed by atoms with Gasteiger partial charge in [-0.3, -0.25) is 0 Å². The Balaban J connectivity index is 0.000000107. The molecule has 0 aromatic heterocycles. The number of hydrogen-bond donors (Lipinski definition) is 0. The van der Waals surface area contributed by atoms with Gasteiger partial charge in [0.05, 0.1) is 0 Å². The van der Waals surface area contributed by atoms with Gasteiger partial charge in [0.1, 0.15) is 0 Å². The zero-order chi connectivity index (χ0) is 27.2. The van der Waals surface area contributed by atoms with Crippen molar-refractivity contribution >= 4 is 44.1 Å². The number of aliphatic carboxylic acids is 3. The Morgan fingerprint density at radius 3 is 0.575 bits per heavy atom. The van der Waals surface area contributed by atoms with Crippen LogP contribution in [0.15, 0.2) is 0 Å². The third kappa shape index (κ3) is 5.08. The van der Waals surface area contributed by atoms with Crippen LogP contribution in [0.2, 0.25) is 0 Å². The van der Waals surface area contributed by atoms with Gasteiger partial charge in [-0.05, 0) is 169 Å². The molecule has 12 bridgehead atoms. The first-order chi connectivity index (χ1) is 18.5. The molecular weight excluding hydrogens is 701 g/mol. The molecule has 0 unspecified atom stereocenters. The van der Waals surface area contributed by atoms with Gasteiger partial charge in [-0.2, -0.15) is 0 Å². The van der Waals surface area contributed by atoms with Crippen LogP contribution < -0.4 is 15.3 Å². The van der Waals surface area contributed by atoms with E-state index in [1.807, 2.05) is 0 Å². The third-order valence-corrected chi connectivity index (χ3v) is 13.4. The first-order valence-corrected chi connectivity index (χ1v) is 16.2. The van der Waals surface area contributed by atoms with Crippen molar-refractivity contribution in [2.75, 3.05) is 0 Å². The number of carboxylic acids is 3. The molecule has 12 aliphatic carbocycles. The van der Waals surface area contributed by atoms with Gasteiger partial charge in [-0.25, -0.2) is 0 Å². The monoisotopic (exact) mass is 746 g/mol. The summed E-state index contributed by atoms with van der Waals surface area (Å²) in [6.45, 7) is 0. The fourth-order valence-corrected chi connectivity index (χ4v) is 13.1. The van der Waals surface area contributed by atoms with Crippen molar-refractivity contribution in [3.8, 4) is 0 Å². The fraction of sp³-hybridized carbons (Fsp3) is 0.909. The maximum absolute atomic E-state index is 11.1. The van der Waals surface area contributed by atoms with Gasteiger partial charge in [0.2, 0.25) is 0 Å². The van der Waals surface area contributed by atoms with Crippen LogP contribution >= 0.6 is 0 Å². The molecule has 12 rings (SSSR count). The Labute approximate surface area is 257 Å². The van der Waals surface area contributed by atoms with Crippen LogP contribution in [-0.2, 0) is 14.4 Å². The van der Waals surface area contributed by atoms with Crippen molar-refractivity contribution in [2.24, 2.45) is 69.5 Å². The predicted octanol–water partition coefficient (Wildman–Crippen LogP) is 2.48. The van der Waals surface area contributed by atoms with Gasteiger partial charge < -0.3 is 29.7 Å². The summed E-state index contributed by atoms with van der Waals surface area (Å²) in [7, 11) is 0. The van der Waals surface area contributed by atoms with Gasteiger partial charge in [-0.15, -0.1) is 0 Å². The van der Waals surface area contributed by atoms with Crippen LogP contribution in [0, 0.1) is 69.5 Å². The molecule has 0 atom stereocenters. The molecule has 12 saturated carbocycles. The predicted molar refractivity (Wildman–Crippen MR) is 143 cm³/mol. The first kappa shape index (κ1) is 29.4. The molecule has 0 spiro atoms. The van der Waals surface area contributed by atoms with Crippen LogP contribution in [0.1, 0.15) is 116 Å². The topological polar surface area (TPSA) is 120 Å². The van der Waals surface area contributed by atoms with Crippen molar-refractivity contribution in [1.29, 1.82) is 0 Å². The van der Waals surface area contributed by atoms with E-state index >= 15 is 0 Å². The Bertz CT molecular complexity index is 800. The average Bonchev–Trinajstić information content (AvgIpc) is 2.82. The first-order valence-electron chi connectivity index (χ1n) is 16.2. The number of carboxylic acid groups (broad SMARTS) is 3. The maximum Gasteiger partial charge on any atom is 3.00 e. The summed E-state index contributed by atoms with van der Waals surface area (Å²) in [4.78, 5) is 33.4. The van der Waals surface area contributed by atoms with Gasteiger partial charge >= 0.3 is 26.2 Å². The smallest absolute Gasteiger partial charge is 0.550 e. The molecule has 6 nitrogen and oxygen atoms in total. The van der Waals surface area contributed by atoms with Gasteiger partial charge in [0.15, 0.2) is 0 Å². The molecule has 0 aromatic carbocycles. The summed E-state index contributed by atoms with van der Waals surface area (Å²) in [6, 6.07) is 0. The minimum Gasteiger partial charge on any atom is -0.550 e. The molecule has 12 fully saturated rings. The Hall–Kier alpha value is -0.707. The zero-order valence-electron chi connectivity index (χ0n) is 23.8. The van der Waals surface area contributed by atoms with E-state index in [0.717, 1.165) is 57.8 Å². The van der Waals surface area contributed by atoms with Crippen LogP contribution in [0.5, 0.6) is 0 Å². The van der Waals surface area contributed by atoms with Crippen molar-refractivity contribution < 1.29 is 29.7 Å². The molecule has 218 valence electrons. The van der Waals surface area contributed by atoms with Crippen LogP contribution in [0.4, 0.5) is 0 Å². The van der Waals surface area contributed by atoms with Crippen molar-refractivity contribution in [3.05, 3.63) is 0 Å². The molecule has 0 saturated heterocycles. The standard InChI is InChI=1S/3C11H16O2.Bi/c3*12-10(13)11-4-7-1-8(5-11)3-9(2-7)6-11;/h3*7-9H,1-6H2,(H,12,13);/q;;;+3/p-3. The maximum atomic E-state index is 11.1. The average molecular weight is 747 g/mol. The fourth-order valence-electron chi connectivity index (χ4n) is 13.1. The second-order valence-electron chi connectivity index (χ2n) is 16.5. The molecule has 0 heterocycles. The van der Waals surface area contributed by atoms with E-state index in [-0.39, 0.29) is 26.2 Å². The Morgan fingerprint density at radius 1 is 0.350 bits per heavy atom. The van der Waals surface area contributed by atoms with Crippen LogP contribution in [0.3, 0.4) is 0 Å². The number of carbonyl (C=O) groups is 3. The quantitative estimate of drug-likeness (QED) is 0.410. The van der Waals surface area contributed by atoms with E-state index in [2.05, 4.69) is 0 Å². The second-order valence-corrected chi connectivity index (χ2v) is 16.5. The number of carbonyl (C=O) groups excluding carboxylic acids is 3. The van der Waals surface area contributed by atoms with Crippen molar-refractivity contribution in [2.45, 2.75) is 116 Å². The summed E-state index contributed by atoms with van der Waals surface area (Å²) in [5.74, 6) is 4.14. The Morgan fingerprint density at radius 2 is 0.475 bits per heavy atom. The molecule has 2 radical (unpaired) electrons. The van der Waals surface area contributed by atoms with E-state index in [0.29, 0.717) is 53.3 Å². The number of hydrogen-bond acceptors (Lipinski definition) is 6.